The van der Waals surface area contributed by atoms with Gasteiger partial charge in [0.2, 0.25) is 10.0 Å². The van der Waals surface area contributed by atoms with Gasteiger partial charge in [-0.2, -0.15) is 5.10 Å². The quantitative estimate of drug-likeness (QED) is 0.903. The molecule has 2 aromatic rings. The molecule has 5 nitrogen and oxygen atoms in total. The van der Waals surface area contributed by atoms with E-state index >= 15 is 0 Å². The lowest BCUT2D eigenvalue weighted by Gasteiger charge is -2.03. The Morgan fingerprint density at radius 3 is 2.82 bits per heavy atom. The van der Waals surface area contributed by atoms with E-state index in [0.29, 0.717) is 10.0 Å². The van der Waals surface area contributed by atoms with Crippen molar-refractivity contribution in [3.05, 3.63) is 33.2 Å². The van der Waals surface area contributed by atoms with Gasteiger partial charge in [0.1, 0.15) is 4.90 Å². The number of sulfonamides is 1. The van der Waals surface area contributed by atoms with Crippen molar-refractivity contribution in [2.45, 2.75) is 18.4 Å². The molecule has 2 N–H and O–H groups in total. The number of hydrogen-bond donors (Lipinski definition) is 2. The van der Waals surface area contributed by atoms with Crippen LogP contribution in [-0.2, 0) is 16.6 Å². The van der Waals surface area contributed by atoms with Crippen molar-refractivity contribution in [2.24, 2.45) is 0 Å². The van der Waals surface area contributed by atoms with Gasteiger partial charge in [0.05, 0.1) is 16.2 Å². The first-order valence-electron chi connectivity index (χ1n) is 4.73. The molecule has 0 spiro atoms. The van der Waals surface area contributed by atoms with Crippen molar-refractivity contribution in [2.75, 3.05) is 0 Å². The highest BCUT2D eigenvalue weighted by atomic mass is 35.5. The summed E-state index contributed by atoms with van der Waals surface area (Å²) in [5.41, 5.74) is 0.515. The van der Waals surface area contributed by atoms with Gasteiger partial charge in [0, 0.05) is 11.4 Å². The standard InChI is InChI=1S/C9H10ClN3O2S2/c1-6-8(5-11-13-6)17(14,15)12-4-7-2-3-9(10)16-7/h2-3,5,12H,4H2,1H3,(H,11,13). The van der Waals surface area contributed by atoms with Gasteiger partial charge in [-0.25, -0.2) is 13.1 Å². The molecule has 0 saturated carbocycles. The normalized spacial score (nSPS) is 11.9. The van der Waals surface area contributed by atoms with Gasteiger partial charge in [0.15, 0.2) is 0 Å². The van der Waals surface area contributed by atoms with Crippen LogP contribution in [0.2, 0.25) is 4.34 Å². The molecular weight excluding hydrogens is 282 g/mol. The van der Waals surface area contributed by atoms with Crippen LogP contribution in [0.25, 0.3) is 0 Å². The number of thiophene rings is 1. The minimum atomic E-state index is -3.52. The summed E-state index contributed by atoms with van der Waals surface area (Å²) in [5, 5.41) is 6.27. The fourth-order valence-corrected chi connectivity index (χ4v) is 3.56. The number of aryl methyl sites for hydroxylation is 1. The van der Waals surface area contributed by atoms with E-state index in [9.17, 15) is 8.42 Å². The van der Waals surface area contributed by atoms with Crippen molar-refractivity contribution in [1.29, 1.82) is 0 Å². The monoisotopic (exact) mass is 291 g/mol. The summed E-state index contributed by atoms with van der Waals surface area (Å²) < 4.78 is 26.9. The number of H-pyrrole nitrogens is 1. The van der Waals surface area contributed by atoms with Crippen LogP contribution in [-0.4, -0.2) is 18.6 Å². The maximum absolute atomic E-state index is 11.9. The highest BCUT2D eigenvalue weighted by molar-refractivity contribution is 7.89. The third kappa shape index (κ3) is 2.86. The zero-order valence-electron chi connectivity index (χ0n) is 8.90. The maximum atomic E-state index is 11.9. The van der Waals surface area contributed by atoms with Crippen LogP contribution >= 0.6 is 22.9 Å². The summed E-state index contributed by atoms with van der Waals surface area (Å²) >= 11 is 7.11. The summed E-state index contributed by atoms with van der Waals surface area (Å²) in [6.07, 6.45) is 1.29. The molecule has 92 valence electrons. The molecule has 0 saturated heterocycles. The summed E-state index contributed by atoms with van der Waals surface area (Å²) in [7, 11) is -3.52. The van der Waals surface area contributed by atoms with Crippen LogP contribution in [0.5, 0.6) is 0 Å². The Labute approximate surface area is 108 Å². The molecule has 2 rings (SSSR count). The molecule has 0 radical (unpaired) electrons. The van der Waals surface area contributed by atoms with Crippen LogP contribution in [0.4, 0.5) is 0 Å². The van der Waals surface area contributed by atoms with E-state index in [1.807, 2.05) is 0 Å². The molecule has 8 heteroatoms. The molecule has 0 aromatic carbocycles. The molecule has 0 amide bonds. The highest BCUT2D eigenvalue weighted by Gasteiger charge is 2.18. The van der Waals surface area contributed by atoms with Crippen LogP contribution in [0.3, 0.4) is 0 Å². The molecule has 17 heavy (non-hydrogen) atoms. The molecule has 0 unspecified atom stereocenters. The van der Waals surface area contributed by atoms with Crippen LogP contribution < -0.4 is 4.72 Å². The number of nitrogens with one attached hydrogen (secondary N) is 2. The van der Waals surface area contributed by atoms with Gasteiger partial charge >= 0.3 is 0 Å². The second-order valence-electron chi connectivity index (χ2n) is 3.39. The minimum absolute atomic E-state index is 0.167. The first-order valence-corrected chi connectivity index (χ1v) is 7.40. The molecule has 2 heterocycles. The third-order valence-electron chi connectivity index (χ3n) is 2.14. The average Bonchev–Trinajstić information content (AvgIpc) is 2.85. The fraction of sp³-hybridized carbons (Fsp3) is 0.222. The van der Waals surface area contributed by atoms with Gasteiger partial charge in [-0.3, -0.25) is 5.10 Å². The average molecular weight is 292 g/mol. The number of halogens is 1. The maximum Gasteiger partial charge on any atom is 0.244 e. The largest absolute Gasteiger partial charge is 0.281 e. The molecule has 0 aliphatic carbocycles. The first-order chi connectivity index (χ1) is 7.99. The van der Waals surface area contributed by atoms with Gasteiger partial charge < -0.3 is 0 Å². The van der Waals surface area contributed by atoms with Gasteiger partial charge in [-0.1, -0.05) is 11.6 Å². The molecule has 0 fully saturated rings. The van der Waals surface area contributed by atoms with Crippen LogP contribution in [0, 0.1) is 6.92 Å². The molecule has 0 atom stereocenters. The van der Waals surface area contributed by atoms with Crippen LogP contribution in [0.15, 0.2) is 23.2 Å². The van der Waals surface area contributed by atoms with E-state index in [-0.39, 0.29) is 11.4 Å². The van der Waals surface area contributed by atoms with E-state index in [4.69, 9.17) is 11.6 Å². The number of hydrogen-bond acceptors (Lipinski definition) is 4. The highest BCUT2D eigenvalue weighted by Crippen LogP contribution is 2.21. The van der Waals surface area contributed by atoms with E-state index in [2.05, 4.69) is 14.9 Å². The Morgan fingerprint density at radius 2 is 2.29 bits per heavy atom. The van der Waals surface area contributed by atoms with E-state index in [1.165, 1.54) is 17.5 Å². The first kappa shape index (κ1) is 12.6. The molecule has 0 aliphatic heterocycles. The zero-order chi connectivity index (χ0) is 12.5. The Bertz CT molecular complexity index is 618. The fourth-order valence-electron chi connectivity index (χ4n) is 1.30. The Balaban J connectivity index is 2.11. The number of rotatable bonds is 4. The summed E-state index contributed by atoms with van der Waals surface area (Å²) in [6, 6.07) is 3.52. The summed E-state index contributed by atoms with van der Waals surface area (Å²) in [4.78, 5) is 1.03. The second-order valence-corrected chi connectivity index (χ2v) is 6.92. The predicted molar refractivity (Wildman–Crippen MR) is 66.7 cm³/mol. The SMILES string of the molecule is Cc1[nH]ncc1S(=O)(=O)NCc1ccc(Cl)s1. The topological polar surface area (TPSA) is 74.8 Å². The lowest BCUT2D eigenvalue weighted by atomic mass is 10.5. The lowest BCUT2D eigenvalue weighted by Crippen LogP contribution is -2.23. The van der Waals surface area contributed by atoms with Gasteiger partial charge in [0.25, 0.3) is 0 Å². The molecule has 0 bridgehead atoms. The van der Waals surface area contributed by atoms with Crippen molar-refractivity contribution >= 4 is 33.0 Å². The minimum Gasteiger partial charge on any atom is -0.281 e. The number of nitrogens with zero attached hydrogens (tertiary/aromatic N) is 1. The van der Waals surface area contributed by atoms with Crippen molar-refractivity contribution in [3.63, 3.8) is 0 Å². The van der Waals surface area contributed by atoms with Crippen molar-refractivity contribution < 1.29 is 8.42 Å². The Morgan fingerprint density at radius 1 is 1.53 bits per heavy atom. The smallest absolute Gasteiger partial charge is 0.244 e. The summed E-state index contributed by atoms with van der Waals surface area (Å²) in [5.74, 6) is 0. The summed E-state index contributed by atoms with van der Waals surface area (Å²) in [6.45, 7) is 1.88. The molecule has 2 aromatic heterocycles. The van der Waals surface area contributed by atoms with Crippen LogP contribution in [0.1, 0.15) is 10.6 Å². The van der Waals surface area contributed by atoms with E-state index < -0.39 is 10.0 Å². The number of aromatic nitrogens is 2. The van der Waals surface area contributed by atoms with Gasteiger partial charge in [-0.15, -0.1) is 11.3 Å². The van der Waals surface area contributed by atoms with E-state index in [0.717, 1.165) is 4.88 Å². The zero-order valence-corrected chi connectivity index (χ0v) is 11.3. The second kappa shape index (κ2) is 4.77. The Hall–Kier alpha value is -0.890. The molecule has 0 aliphatic rings. The lowest BCUT2D eigenvalue weighted by molar-refractivity contribution is 0.581. The van der Waals surface area contributed by atoms with Gasteiger partial charge in [-0.05, 0) is 19.1 Å². The van der Waals surface area contributed by atoms with E-state index in [1.54, 1.807) is 19.1 Å². The predicted octanol–water partition coefficient (Wildman–Crippen LogP) is 1.91. The Kier molecular flexibility index (Phi) is 3.53. The molecular formula is C9H10ClN3O2S2. The van der Waals surface area contributed by atoms with Crippen molar-refractivity contribution in [3.8, 4) is 0 Å². The van der Waals surface area contributed by atoms with Crippen molar-refractivity contribution in [1.82, 2.24) is 14.9 Å². The number of aromatic amines is 1. The third-order valence-corrected chi connectivity index (χ3v) is 4.88.